The van der Waals surface area contributed by atoms with Crippen molar-refractivity contribution in [1.29, 1.82) is 0 Å². The average Bonchev–Trinajstić information content (AvgIpc) is 2.78. The third kappa shape index (κ3) is 2.48. The molecule has 0 aliphatic carbocycles. The normalized spacial score (nSPS) is 22.0. The van der Waals surface area contributed by atoms with Crippen LogP contribution in [0.25, 0.3) is 0 Å². The maximum absolute atomic E-state index is 5.61. The largest absolute Gasteiger partial charge is 0.373 e. The van der Waals surface area contributed by atoms with Gasteiger partial charge >= 0.3 is 0 Å². The predicted molar refractivity (Wildman–Crippen MR) is 62.5 cm³/mol. The first-order chi connectivity index (χ1) is 7.33. The van der Waals surface area contributed by atoms with E-state index < -0.39 is 0 Å². The number of nitrogens with two attached hydrogens (primary N) is 1. The molecule has 0 radical (unpaired) electrons. The molecule has 1 aromatic rings. The second-order valence-electron chi connectivity index (χ2n) is 3.65. The molecule has 0 bridgehead atoms. The highest BCUT2D eigenvalue weighted by atomic mass is 32.1. The molecule has 4 nitrogen and oxygen atoms in total. The number of aryl methyl sites for hydroxylation is 1. The summed E-state index contributed by atoms with van der Waals surface area (Å²) in [5.41, 5.74) is 6.78. The quantitative estimate of drug-likeness (QED) is 0.832. The molecular weight excluding hydrogens is 210 g/mol. The van der Waals surface area contributed by atoms with Crippen LogP contribution in [0.4, 0.5) is 5.13 Å². The number of hydrogen-bond acceptors (Lipinski definition) is 5. The number of rotatable bonds is 3. The van der Waals surface area contributed by atoms with Crippen molar-refractivity contribution in [2.24, 2.45) is 5.73 Å². The summed E-state index contributed by atoms with van der Waals surface area (Å²) in [5, 5.41) is 3.23. The zero-order chi connectivity index (χ0) is 10.7. The first-order valence-corrected chi connectivity index (χ1v) is 6.22. The van der Waals surface area contributed by atoms with Gasteiger partial charge in [0, 0.05) is 25.0 Å². The molecule has 2 rings (SSSR count). The third-order valence-electron chi connectivity index (χ3n) is 2.57. The van der Waals surface area contributed by atoms with Gasteiger partial charge in [-0.1, -0.05) is 6.92 Å². The Balaban J connectivity index is 2.03. The van der Waals surface area contributed by atoms with Gasteiger partial charge in [0.1, 0.15) is 0 Å². The molecule has 0 spiro atoms. The van der Waals surface area contributed by atoms with Crippen molar-refractivity contribution < 1.29 is 4.74 Å². The molecular formula is C10H17N3OS. The van der Waals surface area contributed by atoms with Crippen molar-refractivity contribution in [3.8, 4) is 0 Å². The first-order valence-electron chi connectivity index (χ1n) is 5.34. The molecule has 1 atom stereocenters. The van der Waals surface area contributed by atoms with Gasteiger partial charge < -0.3 is 15.4 Å². The van der Waals surface area contributed by atoms with E-state index in [2.05, 4.69) is 22.2 Å². The van der Waals surface area contributed by atoms with Crippen LogP contribution in [0.1, 0.15) is 12.6 Å². The molecule has 15 heavy (non-hydrogen) atoms. The molecule has 0 saturated carbocycles. The van der Waals surface area contributed by atoms with Crippen LogP contribution in [0.15, 0.2) is 5.38 Å². The number of ether oxygens (including phenoxy) is 1. The number of aromatic nitrogens is 1. The van der Waals surface area contributed by atoms with E-state index in [9.17, 15) is 0 Å². The summed E-state index contributed by atoms with van der Waals surface area (Å²) in [4.78, 5) is 6.84. The van der Waals surface area contributed by atoms with Crippen molar-refractivity contribution in [3.63, 3.8) is 0 Å². The summed E-state index contributed by atoms with van der Waals surface area (Å²) in [7, 11) is 0. The van der Waals surface area contributed by atoms with Crippen molar-refractivity contribution in [1.82, 2.24) is 4.98 Å². The lowest BCUT2D eigenvalue weighted by molar-refractivity contribution is 0.0465. The zero-order valence-corrected chi connectivity index (χ0v) is 9.80. The highest BCUT2D eigenvalue weighted by molar-refractivity contribution is 7.13. The molecule has 5 heteroatoms. The number of nitrogens with zero attached hydrogens (tertiary/aromatic N) is 2. The summed E-state index contributed by atoms with van der Waals surface area (Å²) < 4.78 is 5.52. The van der Waals surface area contributed by atoms with Crippen molar-refractivity contribution in [3.05, 3.63) is 11.1 Å². The van der Waals surface area contributed by atoms with Crippen LogP contribution in [-0.2, 0) is 11.2 Å². The second kappa shape index (κ2) is 4.92. The number of thiazole rings is 1. The number of hydrogen-bond donors (Lipinski definition) is 1. The Labute approximate surface area is 94.1 Å². The maximum atomic E-state index is 5.61. The van der Waals surface area contributed by atoms with Gasteiger partial charge in [-0.3, -0.25) is 0 Å². The molecule has 2 N–H and O–H groups in total. The Morgan fingerprint density at radius 1 is 1.73 bits per heavy atom. The Morgan fingerprint density at radius 2 is 2.60 bits per heavy atom. The molecule has 0 amide bonds. The maximum Gasteiger partial charge on any atom is 0.185 e. The fraction of sp³-hybridized carbons (Fsp3) is 0.700. The van der Waals surface area contributed by atoms with Crippen molar-refractivity contribution >= 4 is 16.5 Å². The fourth-order valence-electron chi connectivity index (χ4n) is 1.64. The van der Waals surface area contributed by atoms with Gasteiger partial charge in [0.05, 0.1) is 18.4 Å². The van der Waals surface area contributed by atoms with E-state index in [1.165, 1.54) is 5.69 Å². The standard InChI is InChI=1S/C10H17N3OS/c1-2-8-7-15-10(12-8)13-3-4-14-9(5-11)6-13/h7,9H,2-6,11H2,1H3. The molecule has 1 aliphatic heterocycles. The van der Waals surface area contributed by atoms with Crippen molar-refractivity contribution in [2.45, 2.75) is 19.4 Å². The highest BCUT2D eigenvalue weighted by Crippen LogP contribution is 2.22. The minimum atomic E-state index is 0.160. The van der Waals surface area contributed by atoms with Gasteiger partial charge in [0.25, 0.3) is 0 Å². The molecule has 1 aliphatic rings. The van der Waals surface area contributed by atoms with E-state index in [0.717, 1.165) is 31.2 Å². The topological polar surface area (TPSA) is 51.4 Å². The van der Waals surface area contributed by atoms with Gasteiger partial charge in [0.2, 0.25) is 0 Å². The zero-order valence-electron chi connectivity index (χ0n) is 8.98. The summed E-state index contributed by atoms with van der Waals surface area (Å²) in [5.74, 6) is 0. The Kier molecular flexibility index (Phi) is 3.56. The summed E-state index contributed by atoms with van der Waals surface area (Å²) in [6, 6.07) is 0. The molecule has 1 fully saturated rings. The number of morpholine rings is 1. The Morgan fingerprint density at radius 3 is 3.27 bits per heavy atom. The summed E-state index contributed by atoms with van der Waals surface area (Å²) >= 11 is 1.71. The first kappa shape index (κ1) is 10.9. The number of anilines is 1. The molecule has 1 aromatic heterocycles. The highest BCUT2D eigenvalue weighted by Gasteiger charge is 2.21. The molecule has 0 aromatic carbocycles. The minimum absolute atomic E-state index is 0.160. The van der Waals surface area contributed by atoms with Crippen LogP contribution in [-0.4, -0.2) is 37.3 Å². The third-order valence-corrected chi connectivity index (χ3v) is 3.52. The lowest BCUT2D eigenvalue weighted by atomic mass is 10.3. The lowest BCUT2D eigenvalue weighted by Gasteiger charge is -2.32. The lowest BCUT2D eigenvalue weighted by Crippen LogP contribution is -2.45. The summed E-state index contributed by atoms with van der Waals surface area (Å²) in [6.45, 7) is 5.26. The summed E-state index contributed by atoms with van der Waals surface area (Å²) in [6.07, 6.45) is 1.16. The fourth-order valence-corrected chi connectivity index (χ4v) is 2.59. The molecule has 2 heterocycles. The van der Waals surface area contributed by atoms with Gasteiger partial charge in [-0.05, 0) is 6.42 Å². The Hall–Kier alpha value is -0.650. The van der Waals surface area contributed by atoms with Crippen LogP contribution >= 0.6 is 11.3 Å². The Bertz CT molecular complexity index is 315. The van der Waals surface area contributed by atoms with Crippen LogP contribution in [0, 0.1) is 0 Å². The average molecular weight is 227 g/mol. The van der Waals surface area contributed by atoms with E-state index >= 15 is 0 Å². The van der Waals surface area contributed by atoms with E-state index in [1.54, 1.807) is 11.3 Å². The predicted octanol–water partition coefficient (Wildman–Crippen LogP) is 0.869. The monoisotopic (exact) mass is 227 g/mol. The molecule has 1 unspecified atom stereocenters. The van der Waals surface area contributed by atoms with E-state index in [0.29, 0.717) is 6.54 Å². The van der Waals surface area contributed by atoms with Crippen LogP contribution in [0.5, 0.6) is 0 Å². The van der Waals surface area contributed by atoms with Crippen molar-refractivity contribution in [2.75, 3.05) is 31.1 Å². The van der Waals surface area contributed by atoms with E-state index in [4.69, 9.17) is 10.5 Å². The van der Waals surface area contributed by atoms with Gasteiger partial charge in [-0.25, -0.2) is 4.98 Å². The van der Waals surface area contributed by atoms with Crippen LogP contribution < -0.4 is 10.6 Å². The second-order valence-corrected chi connectivity index (χ2v) is 4.49. The van der Waals surface area contributed by atoms with Gasteiger partial charge in [-0.15, -0.1) is 11.3 Å². The van der Waals surface area contributed by atoms with Crippen LogP contribution in [0.2, 0.25) is 0 Å². The van der Waals surface area contributed by atoms with Gasteiger partial charge in [0.15, 0.2) is 5.13 Å². The SMILES string of the molecule is CCc1csc(N2CCOC(CN)C2)n1. The molecule has 1 saturated heterocycles. The van der Waals surface area contributed by atoms with Crippen LogP contribution in [0.3, 0.4) is 0 Å². The molecule has 84 valence electrons. The van der Waals surface area contributed by atoms with E-state index in [1.807, 2.05) is 0 Å². The van der Waals surface area contributed by atoms with Gasteiger partial charge in [-0.2, -0.15) is 0 Å². The minimum Gasteiger partial charge on any atom is -0.373 e. The smallest absolute Gasteiger partial charge is 0.185 e. The van der Waals surface area contributed by atoms with E-state index in [-0.39, 0.29) is 6.10 Å².